The lowest BCUT2D eigenvalue weighted by Gasteiger charge is -2.30. The first-order chi connectivity index (χ1) is 6.81. The molecule has 0 fully saturated rings. The Bertz CT molecular complexity index is 200. The van der Waals surface area contributed by atoms with Gasteiger partial charge in [-0.1, -0.05) is 0 Å². The number of carbonyl (C=O) groups is 1. The average molecular weight is 219 g/mol. The molecule has 0 aliphatic carbocycles. The minimum Gasteiger partial charge on any atom is -0.444 e. The Kier molecular flexibility index (Phi) is 5.60. The van der Waals surface area contributed by atoms with Gasteiger partial charge in [0.2, 0.25) is 0 Å². The second-order valence-electron chi connectivity index (χ2n) is 4.43. The van der Waals surface area contributed by atoms with E-state index in [1.54, 1.807) is 27.7 Å². The lowest BCUT2D eigenvalue weighted by atomic mass is 10.2. The fraction of sp³-hybridized carbons (Fsp3) is 0.900. The lowest BCUT2D eigenvalue weighted by molar-refractivity contribution is 0.00778. The number of rotatable bonds is 4. The van der Waals surface area contributed by atoms with Crippen LogP contribution < -0.4 is 0 Å². The topological polar surface area (TPSA) is 70.0 Å². The highest BCUT2D eigenvalue weighted by molar-refractivity contribution is 5.68. The molecule has 0 aromatic rings. The molecule has 0 aliphatic rings. The van der Waals surface area contributed by atoms with E-state index in [-0.39, 0.29) is 25.8 Å². The van der Waals surface area contributed by atoms with Crippen molar-refractivity contribution < 1.29 is 19.7 Å². The lowest BCUT2D eigenvalue weighted by Crippen LogP contribution is -2.45. The maximum atomic E-state index is 11.6. The third-order valence-corrected chi connectivity index (χ3v) is 1.77. The summed E-state index contributed by atoms with van der Waals surface area (Å²) in [4.78, 5) is 12.9. The zero-order valence-electron chi connectivity index (χ0n) is 9.86. The Balaban J connectivity index is 4.42. The maximum Gasteiger partial charge on any atom is 0.410 e. The van der Waals surface area contributed by atoms with Crippen LogP contribution >= 0.6 is 0 Å². The quantitative estimate of drug-likeness (QED) is 0.726. The van der Waals surface area contributed by atoms with Crippen molar-refractivity contribution in [2.75, 3.05) is 19.8 Å². The Morgan fingerprint density at radius 2 is 1.93 bits per heavy atom. The van der Waals surface area contributed by atoms with Gasteiger partial charge in [-0.3, -0.25) is 0 Å². The van der Waals surface area contributed by atoms with E-state index in [9.17, 15) is 4.79 Å². The predicted octanol–water partition coefficient (Wildman–Crippen LogP) is 0.597. The largest absolute Gasteiger partial charge is 0.444 e. The first kappa shape index (κ1) is 14.2. The van der Waals surface area contributed by atoms with Gasteiger partial charge in [0.1, 0.15) is 5.60 Å². The van der Waals surface area contributed by atoms with Crippen molar-refractivity contribution in [1.82, 2.24) is 4.90 Å². The minimum atomic E-state index is -0.569. The van der Waals surface area contributed by atoms with Gasteiger partial charge in [-0.25, -0.2) is 4.79 Å². The second-order valence-corrected chi connectivity index (χ2v) is 4.43. The van der Waals surface area contributed by atoms with Crippen molar-refractivity contribution in [3.63, 3.8) is 0 Å². The van der Waals surface area contributed by atoms with Gasteiger partial charge >= 0.3 is 6.09 Å². The number of hydrogen-bond donors (Lipinski definition) is 2. The van der Waals surface area contributed by atoms with Gasteiger partial charge in [0.15, 0.2) is 0 Å². The summed E-state index contributed by atoms with van der Waals surface area (Å²) >= 11 is 0. The summed E-state index contributed by atoms with van der Waals surface area (Å²) in [6, 6.07) is -0.355. The molecular weight excluding hydrogens is 198 g/mol. The highest BCUT2D eigenvalue weighted by Crippen LogP contribution is 2.11. The molecule has 1 unspecified atom stereocenters. The van der Waals surface area contributed by atoms with Crippen molar-refractivity contribution >= 4 is 6.09 Å². The monoisotopic (exact) mass is 219 g/mol. The summed E-state index contributed by atoms with van der Waals surface area (Å²) in [5, 5.41) is 17.7. The van der Waals surface area contributed by atoms with Gasteiger partial charge in [0, 0.05) is 6.54 Å². The van der Waals surface area contributed by atoms with E-state index >= 15 is 0 Å². The molecule has 1 atom stereocenters. The molecule has 0 saturated carbocycles. The van der Waals surface area contributed by atoms with Crippen LogP contribution in [0, 0.1) is 0 Å². The van der Waals surface area contributed by atoms with Crippen LogP contribution in [0.4, 0.5) is 4.79 Å². The first-order valence-electron chi connectivity index (χ1n) is 5.03. The minimum absolute atomic E-state index is 0.149. The van der Waals surface area contributed by atoms with Crippen molar-refractivity contribution in [3.05, 3.63) is 0 Å². The molecule has 5 nitrogen and oxygen atoms in total. The van der Waals surface area contributed by atoms with Crippen LogP contribution in [0.3, 0.4) is 0 Å². The summed E-state index contributed by atoms with van der Waals surface area (Å²) in [7, 11) is 0. The molecule has 0 aromatic carbocycles. The number of nitrogens with zero attached hydrogens (tertiary/aromatic N) is 1. The smallest absolute Gasteiger partial charge is 0.410 e. The third-order valence-electron chi connectivity index (χ3n) is 1.77. The van der Waals surface area contributed by atoms with Crippen LogP contribution in [0.15, 0.2) is 0 Å². The van der Waals surface area contributed by atoms with Crippen LogP contribution in [0.2, 0.25) is 0 Å². The molecule has 0 heterocycles. The van der Waals surface area contributed by atoms with Crippen molar-refractivity contribution in [3.8, 4) is 0 Å². The van der Waals surface area contributed by atoms with Crippen molar-refractivity contribution in [2.24, 2.45) is 0 Å². The molecule has 2 N–H and O–H groups in total. The summed E-state index contributed by atoms with van der Waals surface area (Å²) in [5.74, 6) is 0. The van der Waals surface area contributed by atoms with Gasteiger partial charge in [-0.15, -0.1) is 0 Å². The molecule has 0 aromatic heterocycles. The number of carbonyl (C=O) groups excluding carboxylic acids is 1. The zero-order valence-corrected chi connectivity index (χ0v) is 9.86. The molecule has 90 valence electrons. The summed E-state index contributed by atoms with van der Waals surface area (Å²) in [6.45, 7) is 6.86. The Morgan fingerprint density at radius 1 is 1.40 bits per heavy atom. The average Bonchev–Trinajstić information content (AvgIpc) is 2.10. The first-order valence-corrected chi connectivity index (χ1v) is 5.03. The Hall–Kier alpha value is -0.810. The summed E-state index contributed by atoms with van der Waals surface area (Å²) in [6.07, 6.45) is -0.516. The van der Waals surface area contributed by atoms with E-state index in [1.807, 2.05) is 0 Å². The number of ether oxygens (including phenoxy) is 1. The number of amides is 1. The molecule has 15 heavy (non-hydrogen) atoms. The summed E-state index contributed by atoms with van der Waals surface area (Å²) in [5.41, 5.74) is -0.569. The molecule has 0 spiro atoms. The van der Waals surface area contributed by atoms with Gasteiger partial charge in [0.25, 0.3) is 0 Å². The highest BCUT2D eigenvalue weighted by Gasteiger charge is 2.24. The van der Waals surface area contributed by atoms with E-state index in [0.717, 1.165) is 0 Å². The molecule has 0 bridgehead atoms. The van der Waals surface area contributed by atoms with E-state index in [1.165, 1.54) is 4.90 Å². The Labute approximate surface area is 90.6 Å². The van der Waals surface area contributed by atoms with E-state index in [2.05, 4.69) is 0 Å². The fourth-order valence-corrected chi connectivity index (χ4v) is 1.02. The van der Waals surface area contributed by atoms with Crippen LogP contribution in [0.1, 0.15) is 27.7 Å². The van der Waals surface area contributed by atoms with E-state index in [0.29, 0.717) is 0 Å². The number of hydrogen-bond acceptors (Lipinski definition) is 4. The second kappa shape index (κ2) is 5.92. The maximum absolute atomic E-state index is 11.6. The highest BCUT2D eigenvalue weighted by atomic mass is 16.6. The van der Waals surface area contributed by atoms with Crippen LogP contribution in [0.5, 0.6) is 0 Å². The van der Waals surface area contributed by atoms with Crippen LogP contribution in [-0.4, -0.2) is 52.6 Å². The van der Waals surface area contributed by atoms with Gasteiger partial charge < -0.3 is 19.8 Å². The van der Waals surface area contributed by atoms with Gasteiger partial charge in [0.05, 0.1) is 19.3 Å². The molecule has 0 saturated heterocycles. The van der Waals surface area contributed by atoms with Crippen molar-refractivity contribution in [1.29, 1.82) is 0 Å². The van der Waals surface area contributed by atoms with E-state index in [4.69, 9.17) is 14.9 Å². The van der Waals surface area contributed by atoms with Crippen LogP contribution in [0.25, 0.3) is 0 Å². The third kappa shape index (κ3) is 5.59. The normalized spacial score (nSPS) is 13.5. The fourth-order valence-electron chi connectivity index (χ4n) is 1.02. The SMILES string of the molecule is CC(CO)N(CCO)C(=O)OC(C)(C)C. The van der Waals surface area contributed by atoms with Crippen molar-refractivity contribution in [2.45, 2.75) is 39.3 Å². The molecule has 0 aliphatic heterocycles. The Morgan fingerprint density at radius 3 is 2.27 bits per heavy atom. The summed E-state index contributed by atoms with van der Waals surface area (Å²) < 4.78 is 5.14. The van der Waals surface area contributed by atoms with Gasteiger partial charge in [-0.05, 0) is 27.7 Å². The predicted molar refractivity (Wildman–Crippen MR) is 56.6 cm³/mol. The zero-order chi connectivity index (χ0) is 12.1. The molecule has 1 amide bonds. The van der Waals surface area contributed by atoms with Gasteiger partial charge in [-0.2, -0.15) is 0 Å². The molecule has 0 radical (unpaired) electrons. The standard InChI is InChI=1S/C10H21NO4/c1-8(7-13)11(5-6-12)9(14)15-10(2,3)4/h8,12-13H,5-7H2,1-4H3. The van der Waals surface area contributed by atoms with E-state index < -0.39 is 11.7 Å². The number of aliphatic hydroxyl groups excluding tert-OH is 2. The number of aliphatic hydroxyl groups is 2. The molecule has 0 rings (SSSR count). The van der Waals surface area contributed by atoms with Crippen LogP contribution in [-0.2, 0) is 4.74 Å². The molecule has 5 heteroatoms. The molecular formula is C10H21NO4.